The molecule has 0 aliphatic rings. The first-order chi connectivity index (χ1) is 8.63. The molecule has 0 radical (unpaired) electrons. The van der Waals surface area contributed by atoms with Crippen molar-refractivity contribution in [3.05, 3.63) is 23.3 Å². The van der Waals surface area contributed by atoms with E-state index >= 15 is 0 Å². The highest BCUT2D eigenvalue weighted by atomic mass is 32.2. The smallest absolute Gasteiger partial charge is 0.242 e. The second-order valence-corrected chi connectivity index (χ2v) is 7.31. The highest BCUT2D eigenvalue weighted by Crippen LogP contribution is 2.23. The average Bonchev–Trinajstić information content (AvgIpc) is 2.20. The summed E-state index contributed by atoms with van der Waals surface area (Å²) >= 11 is 0. The summed E-state index contributed by atoms with van der Waals surface area (Å²) in [5, 5.41) is 0. The second-order valence-electron chi connectivity index (χ2n) is 5.63. The van der Waals surface area contributed by atoms with Crippen LogP contribution in [0.15, 0.2) is 17.0 Å². The van der Waals surface area contributed by atoms with E-state index < -0.39 is 10.0 Å². The molecule has 19 heavy (non-hydrogen) atoms. The number of anilines is 1. The molecule has 1 rings (SSSR count). The summed E-state index contributed by atoms with van der Waals surface area (Å²) in [5.41, 5.74) is 8.05. The fourth-order valence-corrected chi connectivity index (χ4v) is 3.58. The van der Waals surface area contributed by atoms with Crippen molar-refractivity contribution in [2.75, 3.05) is 5.73 Å². The summed E-state index contributed by atoms with van der Waals surface area (Å²) in [7, 11) is -3.55. The van der Waals surface area contributed by atoms with E-state index in [4.69, 9.17) is 5.73 Å². The summed E-state index contributed by atoms with van der Waals surface area (Å²) in [6.45, 7) is 9.79. The van der Waals surface area contributed by atoms with Crippen molar-refractivity contribution in [2.45, 2.75) is 52.0 Å². The molecular formula is C14H24N2O2S. The predicted molar refractivity (Wildman–Crippen MR) is 79.6 cm³/mol. The highest BCUT2D eigenvalue weighted by molar-refractivity contribution is 7.89. The minimum absolute atomic E-state index is 0.106. The molecule has 1 aromatic rings. The third-order valence-electron chi connectivity index (χ3n) is 3.10. The van der Waals surface area contributed by atoms with E-state index in [2.05, 4.69) is 18.6 Å². The van der Waals surface area contributed by atoms with Gasteiger partial charge in [-0.05, 0) is 56.4 Å². The largest absolute Gasteiger partial charge is 0.398 e. The first-order valence-corrected chi connectivity index (χ1v) is 8.01. The first-order valence-electron chi connectivity index (χ1n) is 6.52. The quantitative estimate of drug-likeness (QED) is 0.816. The van der Waals surface area contributed by atoms with Crippen LogP contribution in [0.25, 0.3) is 0 Å². The highest BCUT2D eigenvalue weighted by Gasteiger charge is 2.21. The molecule has 5 heteroatoms. The summed E-state index contributed by atoms with van der Waals surface area (Å²) in [4.78, 5) is 0.172. The molecule has 0 bridgehead atoms. The van der Waals surface area contributed by atoms with E-state index in [1.54, 1.807) is 12.1 Å². The van der Waals surface area contributed by atoms with Crippen LogP contribution in [0.5, 0.6) is 0 Å². The van der Waals surface area contributed by atoms with Crippen LogP contribution in [-0.4, -0.2) is 14.5 Å². The zero-order valence-corrected chi connectivity index (χ0v) is 13.1. The number of hydrogen-bond donors (Lipinski definition) is 2. The third-order valence-corrected chi connectivity index (χ3v) is 4.74. The SMILES string of the molecule is Cc1cc(N)c(S(=O)(=O)NC(C)CC(C)C)cc1C. The van der Waals surface area contributed by atoms with E-state index in [1.807, 2.05) is 20.8 Å². The normalized spacial score (nSPS) is 13.8. The summed E-state index contributed by atoms with van der Waals surface area (Å²) < 4.78 is 27.3. The molecule has 0 spiro atoms. The fourth-order valence-electron chi connectivity index (χ4n) is 2.13. The van der Waals surface area contributed by atoms with Gasteiger partial charge in [0.15, 0.2) is 0 Å². The van der Waals surface area contributed by atoms with Crippen LogP contribution in [0.4, 0.5) is 5.69 Å². The Labute approximate surface area is 116 Å². The molecule has 108 valence electrons. The van der Waals surface area contributed by atoms with E-state index in [9.17, 15) is 8.42 Å². The van der Waals surface area contributed by atoms with Crippen LogP contribution in [0.3, 0.4) is 0 Å². The van der Waals surface area contributed by atoms with Crippen molar-refractivity contribution in [3.8, 4) is 0 Å². The Morgan fingerprint density at radius 1 is 1.16 bits per heavy atom. The van der Waals surface area contributed by atoms with Gasteiger partial charge in [-0.25, -0.2) is 13.1 Å². The molecule has 0 aromatic heterocycles. The molecule has 0 saturated heterocycles. The molecule has 4 nitrogen and oxygen atoms in total. The number of hydrogen-bond acceptors (Lipinski definition) is 3. The van der Waals surface area contributed by atoms with Gasteiger partial charge in [0.1, 0.15) is 4.90 Å². The topological polar surface area (TPSA) is 72.2 Å². The zero-order valence-electron chi connectivity index (χ0n) is 12.3. The lowest BCUT2D eigenvalue weighted by molar-refractivity contribution is 0.482. The molecule has 0 fully saturated rings. The van der Waals surface area contributed by atoms with Gasteiger partial charge in [-0.2, -0.15) is 0 Å². The molecular weight excluding hydrogens is 260 g/mol. The zero-order chi connectivity index (χ0) is 14.8. The molecule has 1 aromatic carbocycles. The number of nitrogens with two attached hydrogens (primary N) is 1. The molecule has 0 saturated carbocycles. The number of aryl methyl sites for hydroxylation is 2. The van der Waals surface area contributed by atoms with Gasteiger partial charge in [0.25, 0.3) is 0 Å². The minimum Gasteiger partial charge on any atom is -0.398 e. The van der Waals surface area contributed by atoms with Crippen molar-refractivity contribution in [1.82, 2.24) is 4.72 Å². The lowest BCUT2D eigenvalue weighted by Gasteiger charge is -2.17. The summed E-state index contributed by atoms with van der Waals surface area (Å²) in [6.07, 6.45) is 0.796. The maximum absolute atomic E-state index is 12.3. The van der Waals surface area contributed by atoms with Crippen LogP contribution in [0, 0.1) is 19.8 Å². The van der Waals surface area contributed by atoms with Gasteiger partial charge in [-0.3, -0.25) is 0 Å². The Bertz CT molecular complexity index is 551. The van der Waals surface area contributed by atoms with Crippen molar-refractivity contribution in [3.63, 3.8) is 0 Å². The van der Waals surface area contributed by atoms with Crippen LogP contribution < -0.4 is 10.5 Å². The average molecular weight is 284 g/mol. The van der Waals surface area contributed by atoms with Gasteiger partial charge in [0.2, 0.25) is 10.0 Å². The summed E-state index contributed by atoms with van der Waals surface area (Å²) in [5.74, 6) is 0.440. The van der Waals surface area contributed by atoms with Gasteiger partial charge in [0.05, 0.1) is 5.69 Å². The predicted octanol–water partition coefficient (Wildman–Crippen LogP) is 2.60. The van der Waals surface area contributed by atoms with E-state index in [-0.39, 0.29) is 10.9 Å². The first kappa shape index (κ1) is 16.0. The Morgan fingerprint density at radius 3 is 2.21 bits per heavy atom. The number of sulfonamides is 1. The van der Waals surface area contributed by atoms with E-state index in [0.29, 0.717) is 11.6 Å². The Balaban J connectivity index is 3.04. The van der Waals surface area contributed by atoms with Crippen LogP contribution in [-0.2, 0) is 10.0 Å². The molecule has 0 aliphatic carbocycles. The lowest BCUT2D eigenvalue weighted by atomic mass is 10.1. The van der Waals surface area contributed by atoms with Crippen molar-refractivity contribution in [2.24, 2.45) is 5.92 Å². The number of nitrogen functional groups attached to an aromatic ring is 1. The summed E-state index contributed by atoms with van der Waals surface area (Å²) in [6, 6.07) is 3.23. The Hall–Kier alpha value is -1.07. The van der Waals surface area contributed by atoms with Gasteiger partial charge < -0.3 is 5.73 Å². The van der Waals surface area contributed by atoms with Gasteiger partial charge >= 0.3 is 0 Å². The molecule has 0 aliphatic heterocycles. The molecule has 0 amide bonds. The number of benzene rings is 1. The fraction of sp³-hybridized carbons (Fsp3) is 0.571. The molecule has 3 N–H and O–H groups in total. The van der Waals surface area contributed by atoms with Crippen LogP contribution in [0.2, 0.25) is 0 Å². The molecule has 0 heterocycles. The van der Waals surface area contributed by atoms with Crippen LogP contribution >= 0.6 is 0 Å². The number of nitrogens with one attached hydrogen (secondary N) is 1. The third kappa shape index (κ3) is 4.21. The van der Waals surface area contributed by atoms with E-state index in [0.717, 1.165) is 17.5 Å². The number of rotatable bonds is 5. The van der Waals surface area contributed by atoms with Gasteiger partial charge in [-0.15, -0.1) is 0 Å². The molecule has 1 unspecified atom stereocenters. The standard InChI is InChI=1S/C14H24N2O2S/c1-9(2)6-12(5)16-19(17,18)14-8-11(4)10(3)7-13(14)15/h7-9,12,16H,6,15H2,1-5H3. The van der Waals surface area contributed by atoms with Crippen molar-refractivity contribution in [1.29, 1.82) is 0 Å². The maximum atomic E-state index is 12.3. The Morgan fingerprint density at radius 2 is 1.68 bits per heavy atom. The Kier molecular flexibility index (Phi) is 4.98. The van der Waals surface area contributed by atoms with Gasteiger partial charge in [0, 0.05) is 6.04 Å². The van der Waals surface area contributed by atoms with Gasteiger partial charge in [-0.1, -0.05) is 13.8 Å². The van der Waals surface area contributed by atoms with E-state index in [1.165, 1.54) is 0 Å². The minimum atomic E-state index is -3.55. The lowest BCUT2D eigenvalue weighted by Crippen LogP contribution is -2.34. The maximum Gasteiger partial charge on any atom is 0.242 e. The monoisotopic (exact) mass is 284 g/mol. The van der Waals surface area contributed by atoms with Crippen LogP contribution in [0.1, 0.15) is 38.3 Å². The second kappa shape index (κ2) is 5.92. The van der Waals surface area contributed by atoms with Crippen molar-refractivity contribution < 1.29 is 8.42 Å². The molecule has 1 atom stereocenters. The van der Waals surface area contributed by atoms with Crippen molar-refractivity contribution >= 4 is 15.7 Å².